The van der Waals surface area contributed by atoms with Gasteiger partial charge in [0.2, 0.25) is 0 Å². The fourth-order valence-corrected chi connectivity index (χ4v) is 3.87. The third-order valence-corrected chi connectivity index (χ3v) is 5.30. The van der Waals surface area contributed by atoms with Gasteiger partial charge in [0.1, 0.15) is 29.6 Å². The van der Waals surface area contributed by atoms with Crippen LogP contribution in [0.1, 0.15) is 9.67 Å². The van der Waals surface area contributed by atoms with Gasteiger partial charge < -0.3 is 14.2 Å². The van der Waals surface area contributed by atoms with Gasteiger partial charge in [-0.05, 0) is 53.6 Å². The molecule has 148 valence electrons. The number of ether oxygens (including phenoxy) is 3. The molecule has 0 saturated carbocycles. The average Bonchev–Trinajstić information content (AvgIpc) is 3.22. The molecular formula is C24H22O4S. The summed E-state index contributed by atoms with van der Waals surface area (Å²) in [5.74, 6) is 1.19. The maximum atomic E-state index is 12.1. The number of benzene rings is 2. The summed E-state index contributed by atoms with van der Waals surface area (Å²) in [5.41, 5.74) is 2.95. The molecule has 0 amide bonds. The van der Waals surface area contributed by atoms with Gasteiger partial charge in [-0.3, -0.25) is 0 Å². The number of hydrogen-bond donors (Lipinski definition) is 0. The first-order valence-electron chi connectivity index (χ1n) is 9.06. The van der Waals surface area contributed by atoms with Crippen molar-refractivity contribution >= 4 is 17.3 Å². The van der Waals surface area contributed by atoms with Gasteiger partial charge in [-0.25, -0.2) is 4.79 Å². The molecule has 0 radical (unpaired) electrons. The summed E-state index contributed by atoms with van der Waals surface area (Å²) in [7, 11) is 1.39. The monoisotopic (exact) mass is 406 g/mol. The van der Waals surface area contributed by atoms with E-state index >= 15 is 0 Å². The van der Waals surface area contributed by atoms with Crippen molar-refractivity contribution in [2.75, 3.05) is 20.3 Å². The lowest BCUT2D eigenvalue weighted by Crippen LogP contribution is -1.96. The number of carbonyl (C=O) groups is 1. The quantitative estimate of drug-likeness (QED) is 0.323. The Hall–Kier alpha value is -3.31. The molecule has 1 heterocycles. The number of carbonyl (C=O) groups excluding carboxylic acids is 1. The van der Waals surface area contributed by atoms with Gasteiger partial charge in [0.15, 0.2) is 0 Å². The Bertz CT molecular complexity index is 912. The highest BCUT2D eigenvalue weighted by molar-refractivity contribution is 7.18. The van der Waals surface area contributed by atoms with Crippen LogP contribution < -0.4 is 9.47 Å². The van der Waals surface area contributed by atoms with Gasteiger partial charge in [0, 0.05) is 10.4 Å². The minimum absolute atomic E-state index is 0.348. The molecule has 0 spiro atoms. The van der Waals surface area contributed by atoms with Crippen molar-refractivity contribution in [2.45, 2.75) is 0 Å². The second-order valence-corrected chi connectivity index (χ2v) is 7.15. The van der Waals surface area contributed by atoms with Crippen LogP contribution in [0.25, 0.3) is 21.6 Å². The lowest BCUT2D eigenvalue weighted by molar-refractivity contribution is 0.0606. The van der Waals surface area contributed by atoms with Gasteiger partial charge in [-0.2, -0.15) is 0 Å². The van der Waals surface area contributed by atoms with Crippen LogP contribution in [-0.4, -0.2) is 26.3 Å². The fourth-order valence-electron chi connectivity index (χ4n) is 2.76. The molecule has 0 aliphatic rings. The van der Waals surface area contributed by atoms with Gasteiger partial charge in [-0.15, -0.1) is 11.3 Å². The third kappa shape index (κ3) is 4.95. The van der Waals surface area contributed by atoms with Crippen molar-refractivity contribution in [3.63, 3.8) is 0 Å². The zero-order valence-electron chi connectivity index (χ0n) is 16.2. The Morgan fingerprint density at radius 1 is 0.897 bits per heavy atom. The minimum atomic E-state index is -0.348. The molecule has 3 aromatic rings. The lowest BCUT2D eigenvalue weighted by Gasteiger charge is -2.08. The summed E-state index contributed by atoms with van der Waals surface area (Å²) < 4.78 is 16.0. The molecule has 0 bridgehead atoms. The number of esters is 1. The van der Waals surface area contributed by atoms with Crippen molar-refractivity contribution in [1.29, 1.82) is 0 Å². The highest BCUT2D eigenvalue weighted by atomic mass is 32.1. The van der Waals surface area contributed by atoms with E-state index in [4.69, 9.17) is 14.2 Å². The average molecular weight is 407 g/mol. The van der Waals surface area contributed by atoms with Crippen LogP contribution in [0.5, 0.6) is 11.5 Å². The number of methoxy groups -OCH3 is 1. The molecular weight excluding hydrogens is 384 g/mol. The zero-order chi connectivity index (χ0) is 20.6. The Morgan fingerprint density at radius 2 is 1.41 bits per heavy atom. The summed E-state index contributed by atoms with van der Waals surface area (Å²) in [6.45, 7) is 8.22. The topological polar surface area (TPSA) is 44.8 Å². The Balaban J connectivity index is 1.97. The molecule has 4 nitrogen and oxygen atoms in total. The molecule has 0 aliphatic heterocycles. The molecule has 5 heteroatoms. The second kappa shape index (κ2) is 9.75. The predicted molar refractivity (Wildman–Crippen MR) is 118 cm³/mol. The van der Waals surface area contributed by atoms with Crippen molar-refractivity contribution < 1.29 is 19.0 Å². The summed E-state index contributed by atoms with van der Waals surface area (Å²) in [6, 6.07) is 17.4. The Morgan fingerprint density at radius 3 is 1.90 bits per heavy atom. The molecule has 2 aromatic carbocycles. The standard InChI is InChI=1S/C24H22O4S/c1-4-14-27-19-10-6-17(7-11-19)21-16-22(24(25)26-3)29-23(21)18-8-12-20(13-9-18)28-15-5-2/h4-13,16H,1-2,14-15H2,3H3. The van der Waals surface area contributed by atoms with Gasteiger partial charge in [0.25, 0.3) is 0 Å². The zero-order valence-corrected chi connectivity index (χ0v) is 17.0. The van der Waals surface area contributed by atoms with Gasteiger partial charge in [-0.1, -0.05) is 37.4 Å². The first-order valence-corrected chi connectivity index (χ1v) is 9.88. The van der Waals surface area contributed by atoms with Crippen molar-refractivity contribution in [3.05, 3.63) is 84.8 Å². The molecule has 0 unspecified atom stereocenters. The van der Waals surface area contributed by atoms with E-state index in [9.17, 15) is 4.79 Å². The summed E-state index contributed by atoms with van der Waals surface area (Å²) in [5, 5.41) is 0. The number of thiophene rings is 1. The molecule has 0 atom stereocenters. The minimum Gasteiger partial charge on any atom is -0.490 e. The number of rotatable bonds is 9. The van der Waals surface area contributed by atoms with E-state index < -0.39 is 0 Å². The predicted octanol–water partition coefficient (Wildman–Crippen LogP) is 6.00. The maximum Gasteiger partial charge on any atom is 0.348 e. The molecule has 0 fully saturated rings. The molecule has 1 aromatic heterocycles. The summed E-state index contributed by atoms with van der Waals surface area (Å²) in [4.78, 5) is 13.7. The smallest absolute Gasteiger partial charge is 0.348 e. The van der Waals surface area contributed by atoms with Crippen LogP contribution in [0.2, 0.25) is 0 Å². The highest BCUT2D eigenvalue weighted by Gasteiger charge is 2.18. The Labute approximate surface area is 174 Å². The van der Waals surface area contributed by atoms with E-state index in [-0.39, 0.29) is 5.97 Å². The molecule has 3 rings (SSSR count). The first kappa shape index (κ1) is 20.4. The van der Waals surface area contributed by atoms with Crippen LogP contribution >= 0.6 is 11.3 Å². The summed E-state index contributed by atoms with van der Waals surface area (Å²) in [6.07, 6.45) is 3.41. The van der Waals surface area contributed by atoms with E-state index in [0.29, 0.717) is 18.1 Å². The first-order chi connectivity index (χ1) is 14.2. The molecule has 0 saturated heterocycles. The SMILES string of the molecule is C=CCOc1ccc(-c2cc(C(=O)OC)sc2-c2ccc(OCC=C)cc2)cc1. The molecule has 29 heavy (non-hydrogen) atoms. The molecule has 0 aliphatic carbocycles. The van der Waals surface area contributed by atoms with E-state index in [0.717, 1.165) is 33.1 Å². The van der Waals surface area contributed by atoms with Crippen LogP contribution in [0.3, 0.4) is 0 Å². The highest BCUT2D eigenvalue weighted by Crippen LogP contribution is 2.40. The van der Waals surface area contributed by atoms with E-state index in [1.165, 1.54) is 18.4 Å². The van der Waals surface area contributed by atoms with Gasteiger partial charge >= 0.3 is 5.97 Å². The fraction of sp³-hybridized carbons (Fsp3) is 0.125. The van der Waals surface area contributed by atoms with Gasteiger partial charge in [0.05, 0.1) is 7.11 Å². The molecule has 0 N–H and O–H groups in total. The number of hydrogen-bond acceptors (Lipinski definition) is 5. The van der Waals surface area contributed by atoms with E-state index in [1.807, 2.05) is 54.6 Å². The third-order valence-electron chi connectivity index (χ3n) is 4.14. The van der Waals surface area contributed by atoms with E-state index in [1.54, 1.807) is 12.2 Å². The van der Waals surface area contributed by atoms with Crippen molar-refractivity contribution in [2.24, 2.45) is 0 Å². The summed E-state index contributed by atoms with van der Waals surface area (Å²) >= 11 is 1.41. The normalized spacial score (nSPS) is 10.2. The largest absolute Gasteiger partial charge is 0.490 e. The van der Waals surface area contributed by atoms with Crippen LogP contribution in [0, 0.1) is 0 Å². The van der Waals surface area contributed by atoms with Crippen molar-refractivity contribution in [1.82, 2.24) is 0 Å². The van der Waals surface area contributed by atoms with Crippen LogP contribution in [-0.2, 0) is 4.74 Å². The Kier molecular flexibility index (Phi) is 6.87. The van der Waals surface area contributed by atoms with Crippen LogP contribution in [0.4, 0.5) is 0 Å². The maximum absolute atomic E-state index is 12.1. The second-order valence-electron chi connectivity index (χ2n) is 6.09. The van der Waals surface area contributed by atoms with E-state index in [2.05, 4.69) is 13.2 Å². The lowest BCUT2D eigenvalue weighted by atomic mass is 10.0. The van der Waals surface area contributed by atoms with Crippen LogP contribution in [0.15, 0.2) is 79.9 Å². The van der Waals surface area contributed by atoms with Crippen molar-refractivity contribution in [3.8, 4) is 33.1 Å².